The highest BCUT2D eigenvalue weighted by Crippen LogP contribution is 2.29. The number of nitrogens with one attached hydrogen (secondary N) is 1. The fraction of sp³-hybridized carbons (Fsp3) is 0.333. The van der Waals surface area contributed by atoms with Crippen molar-refractivity contribution in [3.05, 3.63) is 84.2 Å². The third-order valence-electron chi connectivity index (χ3n) is 7.10. The van der Waals surface area contributed by atoms with Crippen molar-refractivity contribution in [2.75, 3.05) is 32.5 Å². The van der Waals surface area contributed by atoms with Gasteiger partial charge in [-0.25, -0.2) is 4.98 Å². The molecule has 6 nitrogen and oxygen atoms in total. The summed E-state index contributed by atoms with van der Waals surface area (Å²) in [6.45, 7) is 4.26. The fourth-order valence-electron chi connectivity index (χ4n) is 4.81. The van der Waals surface area contributed by atoms with E-state index in [1.165, 1.54) is 5.70 Å². The van der Waals surface area contributed by atoms with E-state index in [2.05, 4.69) is 77.7 Å². The van der Waals surface area contributed by atoms with Gasteiger partial charge in [0.05, 0.1) is 0 Å². The molecule has 0 unspecified atom stereocenters. The number of hydrogen-bond acceptors (Lipinski definition) is 5. The zero-order chi connectivity index (χ0) is 25.1. The van der Waals surface area contributed by atoms with Gasteiger partial charge >= 0.3 is 0 Å². The van der Waals surface area contributed by atoms with Crippen LogP contribution < -0.4 is 10.1 Å². The lowest BCUT2D eigenvalue weighted by Gasteiger charge is -2.29. The van der Waals surface area contributed by atoms with Gasteiger partial charge in [0, 0.05) is 49.2 Å². The van der Waals surface area contributed by atoms with Gasteiger partial charge in [0.25, 0.3) is 5.91 Å². The Morgan fingerprint density at radius 2 is 1.92 bits per heavy atom. The van der Waals surface area contributed by atoms with Gasteiger partial charge in [0.15, 0.2) is 0 Å². The highest BCUT2D eigenvalue weighted by Gasteiger charge is 2.19. The number of pyridine rings is 1. The monoisotopic (exact) mass is 482 g/mol. The molecule has 1 amide bonds. The van der Waals surface area contributed by atoms with E-state index < -0.39 is 0 Å². The maximum absolute atomic E-state index is 13.0. The molecule has 5 rings (SSSR count). The maximum atomic E-state index is 13.0. The molecule has 0 aliphatic carbocycles. The minimum Gasteiger partial charge on any atom is -0.490 e. The molecule has 2 aliphatic heterocycles. The van der Waals surface area contributed by atoms with Crippen molar-refractivity contribution in [2.45, 2.75) is 32.3 Å². The van der Waals surface area contributed by atoms with Gasteiger partial charge in [-0.1, -0.05) is 37.3 Å². The van der Waals surface area contributed by atoms with Gasteiger partial charge in [0.2, 0.25) is 0 Å². The summed E-state index contributed by atoms with van der Waals surface area (Å²) in [6.07, 6.45) is 11.7. The number of anilines is 1. The average Bonchev–Trinajstić information content (AvgIpc) is 2.90. The molecule has 0 radical (unpaired) electrons. The normalized spacial score (nSPS) is 18.8. The van der Waals surface area contributed by atoms with Crippen LogP contribution in [-0.2, 0) is 0 Å². The Kier molecular flexibility index (Phi) is 7.05. The van der Waals surface area contributed by atoms with Crippen LogP contribution in [0.25, 0.3) is 16.5 Å². The number of ether oxygens (including phenoxy) is 1. The van der Waals surface area contributed by atoms with Crippen molar-refractivity contribution in [3.8, 4) is 5.75 Å². The second-order valence-electron chi connectivity index (χ2n) is 9.81. The molecule has 36 heavy (non-hydrogen) atoms. The zero-order valence-corrected chi connectivity index (χ0v) is 21.3. The van der Waals surface area contributed by atoms with Crippen LogP contribution in [0.3, 0.4) is 0 Å². The number of allylic oxidation sites excluding steroid dienone is 2. The van der Waals surface area contributed by atoms with Crippen LogP contribution in [0, 0.1) is 5.92 Å². The first-order valence-electron chi connectivity index (χ1n) is 12.8. The molecule has 1 saturated heterocycles. The standard InChI is InChI=1S/C30H34N4O2/c1-4-21-10-15-34(3)28(16-21)22-8-9-24-20-31-29(19-25(24)17-22)32-30(35)23-6-5-7-27(18-23)36-26-11-13-33(2)14-12-26/h5-10,15-21,26H,4,11-14H2,1-3H3,(H,31,32,35)/t21-/m0/s1. The Labute approximate surface area is 213 Å². The Balaban J connectivity index is 1.31. The van der Waals surface area contributed by atoms with Crippen LogP contribution >= 0.6 is 0 Å². The summed E-state index contributed by atoms with van der Waals surface area (Å²) in [5.41, 5.74) is 2.90. The van der Waals surface area contributed by atoms with Gasteiger partial charge in [0.1, 0.15) is 17.7 Å². The summed E-state index contributed by atoms with van der Waals surface area (Å²) in [5.74, 6) is 1.51. The smallest absolute Gasteiger partial charge is 0.256 e. The molecule has 1 aromatic heterocycles. The molecule has 2 aromatic carbocycles. The van der Waals surface area contributed by atoms with Gasteiger partial charge in [-0.3, -0.25) is 4.79 Å². The molecule has 186 valence electrons. The second kappa shape index (κ2) is 10.5. The number of carbonyl (C=O) groups excluding carboxylic acids is 1. The zero-order valence-electron chi connectivity index (χ0n) is 21.3. The van der Waals surface area contributed by atoms with Gasteiger partial charge in [-0.15, -0.1) is 0 Å². The van der Waals surface area contributed by atoms with E-state index in [0.29, 0.717) is 17.3 Å². The van der Waals surface area contributed by atoms with Crippen molar-refractivity contribution in [3.63, 3.8) is 0 Å². The summed E-state index contributed by atoms with van der Waals surface area (Å²) in [4.78, 5) is 22.0. The summed E-state index contributed by atoms with van der Waals surface area (Å²) in [5, 5.41) is 5.03. The van der Waals surface area contributed by atoms with Crippen LogP contribution in [0.5, 0.6) is 5.75 Å². The summed E-state index contributed by atoms with van der Waals surface area (Å²) < 4.78 is 6.16. The first-order chi connectivity index (χ1) is 17.5. The van der Waals surface area contributed by atoms with E-state index in [-0.39, 0.29) is 12.0 Å². The summed E-state index contributed by atoms with van der Waals surface area (Å²) in [7, 11) is 4.20. The van der Waals surface area contributed by atoms with Crippen LogP contribution in [0.4, 0.5) is 5.82 Å². The number of carbonyl (C=O) groups is 1. The number of fused-ring (bicyclic) bond motifs is 1. The van der Waals surface area contributed by atoms with E-state index in [1.807, 2.05) is 30.5 Å². The minimum absolute atomic E-state index is 0.192. The number of rotatable bonds is 6. The Hall–Kier alpha value is -3.64. The number of nitrogens with zero attached hydrogens (tertiary/aromatic N) is 3. The molecular formula is C30H34N4O2. The molecule has 6 heteroatoms. The van der Waals surface area contributed by atoms with Crippen molar-refractivity contribution < 1.29 is 9.53 Å². The van der Waals surface area contributed by atoms with E-state index in [9.17, 15) is 4.79 Å². The summed E-state index contributed by atoms with van der Waals surface area (Å²) in [6, 6.07) is 15.7. The largest absolute Gasteiger partial charge is 0.490 e. The molecule has 0 saturated carbocycles. The van der Waals surface area contributed by atoms with Crippen LogP contribution in [0.1, 0.15) is 42.1 Å². The molecule has 1 fully saturated rings. The van der Waals surface area contributed by atoms with E-state index in [1.54, 1.807) is 6.07 Å². The van der Waals surface area contributed by atoms with E-state index in [4.69, 9.17) is 4.74 Å². The number of likely N-dealkylation sites (tertiary alicyclic amines) is 1. The molecular weight excluding hydrogens is 448 g/mol. The Morgan fingerprint density at radius 3 is 2.72 bits per heavy atom. The number of aromatic nitrogens is 1. The molecule has 3 heterocycles. The fourth-order valence-corrected chi connectivity index (χ4v) is 4.81. The van der Waals surface area contributed by atoms with Crippen molar-refractivity contribution >= 4 is 28.2 Å². The lowest BCUT2D eigenvalue weighted by molar-refractivity contribution is 0.102. The van der Waals surface area contributed by atoms with Gasteiger partial charge in [-0.05, 0) is 73.5 Å². The van der Waals surface area contributed by atoms with E-state index in [0.717, 1.165) is 54.4 Å². The van der Waals surface area contributed by atoms with E-state index >= 15 is 0 Å². The maximum Gasteiger partial charge on any atom is 0.256 e. The SMILES string of the molecule is CC[C@H]1C=CN(C)C(c2ccc3cnc(NC(=O)c4cccc(OC5CCN(C)CC5)c4)cc3c2)=C1. The first kappa shape index (κ1) is 24.1. The predicted molar refractivity (Wildman–Crippen MR) is 146 cm³/mol. The molecule has 3 aromatic rings. The van der Waals surface area contributed by atoms with Crippen LogP contribution in [0.2, 0.25) is 0 Å². The molecule has 0 spiro atoms. The van der Waals surface area contributed by atoms with Crippen molar-refractivity contribution in [1.29, 1.82) is 0 Å². The van der Waals surface area contributed by atoms with Crippen molar-refractivity contribution in [1.82, 2.24) is 14.8 Å². The van der Waals surface area contributed by atoms with Crippen LogP contribution in [0.15, 0.2) is 73.1 Å². The quantitative estimate of drug-likeness (QED) is 0.482. The number of benzene rings is 2. The highest BCUT2D eigenvalue weighted by atomic mass is 16.5. The molecule has 0 bridgehead atoms. The Bertz CT molecular complexity index is 1310. The molecule has 1 atom stereocenters. The second-order valence-corrected chi connectivity index (χ2v) is 9.81. The highest BCUT2D eigenvalue weighted by molar-refractivity contribution is 6.04. The van der Waals surface area contributed by atoms with Crippen molar-refractivity contribution in [2.24, 2.45) is 5.92 Å². The average molecular weight is 483 g/mol. The number of piperidine rings is 1. The molecule has 2 aliphatic rings. The minimum atomic E-state index is -0.197. The molecule has 1 N–H and O–H groups in total. The third-order valence-corrected chi connectivity index (χ3v) is 7.10. The summed E-state index contributed by atoms with van der Waals surface area (Å²) >= 11 is 0. The number of hydrogen-bond donors (Lipinski definition) is 1. The first-order valence-corrected chi connectivity index (χ1v) is 12.8. The number of amides is 1. The topological polar surface area (TPSA) is 57.7 Å². The lowest BCUT2D eigenvalue weighted by atomic mass is 9.97. The Morgan fingerprint density at radius 1 is 1.08 bits per heavy atom. The van der Waals surface area contributed by atoms with Gasteiger partial charge in [-0.2, -0.15) is 0 Å². The van der Waals surface area contributed by atoms with Crippen LogP contribution in [-0.4, -0.2) is 54.0 Å². The predicted octanol–water partition coefficient (Wildman–Crippen LogP) is 5.79. The lowest BCUT2D eigenvalue weighted by Crippen LogP contribution is -2.35. The van der Waals surface area contributed by atoms with Gasteiger partial charge < -0.3 is 19.9 Å². The third kappa shape index (κ3) is 5.44.